The number of rotatable bonds is 2. The van der Waals surface area contributed by atoms with Crippen molar-refractivity contribution in [2.45, 2.75) is 0 Å². The molecule has 0 saturated carbocycles. The van der Waals surface area contributed by atoms with Crippen LogP contribution in [0.1, 0.15) is 10.5 Å². The largest absolute Gasteiger partial charge is 0.543 e. The van der Waals surface area contributed by atoms with Crippen molar-refractivity contribution in [2.75, 3.05) is 0 Å². The van der Waals surface area contributed by atoms with Gasteiger partial charge in [-0.25, -0.2) is 4.98 Å². The van der Waals surface area contributed by atoms with E-state index in [0.29, 0.717) is 0 Å². The quantitative estimate of drug-likeness (QED) is 0.430. The number of hydrogen-bond donors (Lipinski definition) is 0. The molecule has 0 unspecified atom stereocenters. The third kappa shape index (κ3) is 1.54. The molecule has 1 heterocycles. The van der Waals surface area contributed by atoms with E-state index >= 15 is 0 Å². The smallest absolute Gasteiger partial charge is 0.287 e. The van der Waals surface area contributed by atoms with Crippen LogP contribution in [-0.2, 0) is 0 Å². The summed E-state index contributed by atoms with van der Waals surface area (Å²) in [5.74, 6) is -1.45. The van der Waals surface area contributed by atoms with Crippen molar-refractivity contribution in [2.24, 2.45) is 0 Å². The Morgan fingerprint density at radius 2 is 2.17 bits per heavy atom. The molecule has 0 aromatic carbocycles. The van der Waals surface area contributed by atoms with Crippen molar-refractivity contribution in [3.8, 4) is 0 Å². The van der Waals surface area contributed by atoms with Crippen LogP contribution in [0.5, 0.6) is 0 Å². The minimum Gasteiger partial charge on any atom is -0.543 e. The Bertz CT molecular complexity index is 286. The van der Waals surface area contributed by atoms with Gasteiger partial charge in [0.05, 0.1) is 16.6 Å². The summed E-state index contributed by atoms with van der Waals surface area (Å²) in [5.41, 5.74) is -0.569. The average molecular weight is 167 g/mol. The highest BCUT2D eigenvalue weighted by molar-refractivity contribution is 5.83. The molecule has 6 heteroatoms. The number of nitro groups is 1. The molecule has 0 aliphatic carbocycles. The third-order valence-corrected chi connectivity index (χ3v) is 1.17. The van der Waals surface area contributed by atoms with E-state index in [1.54, 1.807) is 0 Å². The number of pyridine rings is 1. The first kappa shape index (κ1) is 8.12. The van der Waals surface area contributed by atoms with Gasteiger partial charge in [-0.15, -0.1) is 0 Å². The lowest BCUT2D eigenvalue weighted by Crippen LogP contribution is -2.23. The highest BCUT2D eigenvalue weighted by Crippen LogP contribution is 2.07. The van der Waals surface area contributed by atoms with Gasteiger partial charge in [-0.2, -0.15) is 0 Å². The number of aromatic nitrogens is 1. The molecule has 1 rings (SSSR count). The maximum Gasteiger partial charge on any atom is 0.287 e. The van der Waals surface area contributed by atoms with Crippen molar-refractivity contribution >= 4 is 11.7 Å². The molecule has 0 aliphatic rings. The molecule has 0 bridgehead atoms. The minimum absolute atomic E-state index is 0.250. The summed E-state index contributed by atoms with van der Waals surface area (Å²) in [6.45, 7) is 0. The van der Waals surface area contributed by atoms with Gasteiger partial charge in [0.2, 0.25) is 0 Å². The number of carboxylic acids is 1. The lowest BCUT2D eigenvalue weighted by molar-refractivity contribution is -0.385. The summed E-state index contributed by atoms with van der Waals surface area (Å²) in [6, 6.07) is 2.07. The van der Waals surface area contributed by atoms with Gasteiger partial charge in [0, 0.05) is 6.07 Å². The highest BCUT2D eigenvalue weighted by atomic mass is 16.6. The van der Waals surface area contributed by atoms with Crippen molar-refractivity contribution < 1.29 is 14.8 Å². The summed E-state index contributed by atoms with van der Waals surface area (Å²) < 4.78 is 0. The first-order valence-electron chi connectivity index (χ1n) is 2.93. The molecule has 0 atom stereocenters. The van der Waals surface area contributed by atoms with E-state index < -0.39 is 10.9 Å². The predicted molar refractivity (Wildman–Crippen MR) is 35.2 cm³/mol. The van der Waals surface area contributed by atoms with Gasteiger partial charge in [-0.1, -0.05) is 0 Å². The van der Waals surface area contributed by atoms with Crippen molar-refractivity contribution in [1.29, 1.82) is 0 Å². The molecule has 6 nitrogen and oxygen atoms in total. The van der Waals surface area contributed by atoms with Crippen LogP contribution in [0.4, 0.5) is 5.69 Å². The molecule has 1 aromatic heterocycles. The Morgan fingerprint density at radius 1 is 1.50 bits per heavy atom. The van der Waals surface area contributed by atoms with Gasteiger partial charge in [0.25, 0.3) is 5.69 Å². The molecular weight excluding hydrogens is 164 g/mol. The fourth-order valence-electron chi connectivity index (χ4n) is 0.615. The first-order chi connectivity index (χ1) is 5.61. The van der Waals surface area contributed by atoms with Crippen molar-refractivity contribution in [3.63, 3.8) is 0 Å². The lowest BCUT2D eigenvalue weighted by atomic mass is 10.3. The number of aromatic carboxylic acids is 1. The number of carbonyl (C=O) groups is 1. The molecule has 0 aliphatic heterocycles. The fraction of sp³-hybridized carbons (Fsp3) is 0. The Kier molecular flexibility index (Phi) is 2.00. The van der Waals surface area contributed by atoms with Gasteiger partial charge >= 0.3 is 0 Å². The molecule has 0 spiro atoms. The number of hydrogen-bond acceptors (Lipinski definition) is 5. The van der Waals surface area contributed by atoms with E-state index in [-0.39, 0.29) is 11.4 Å². The fourth-order valence-corrected chi connectivity index (χ4v) is 0.615. The van der Waals surface area contributed by atoms with Crippen LogP contribution in [0.2, 0.25) is 0 Å². The van der Waals surface area contributed by atoms with Gasteiger partial charge in [0.1, 0.15) is 6.20 Å². The maximum absolute atomic E-state index is 10.1. The molecule has 0 saturated heterocycles. The minimum atomic E-state index is -1.45. The van der Waals surface area contributed by atoms with Crippen LogP contribution >= 0.6 is 0 Å². The second-order valence-corrected chi connectivity index (χ2v) is 1.95. The molecular formula is C6H3N2O4-. The van der Waals surface area contributed by atoms with Crippen LogP contribution in [0.25, 0.3) is 0 Å². The van der Waals surface area contributed by atoms with E-state index in [0.717, 1.165) is 18.3 Å². The Labute approximate surface area is 66.6 Å². The van der Waals surface area contributed by atoms with Crippen molar-refractivity contribution in [1.82, 2.24) is 4.98 Å². The van der Waals surface area contributed by atoms with Crippen LogP contribution < -0.4 is 5.11 Å². The van der Waals surface area contributed by atoms with Crippen LogP contribution in [0.3, 0.4) is 0 Å². The van der Waals surface area contributed by atoms with E-state index in [1.165, 1.54) is 0 Å². The van der Waals surface area contributed by atoms with Gasteiger partial charge in [-0.3, -0.25) is 10.1 Å². The second kappa shape index (κ2) is 2.95. The van der Waals surface area contributed by atoms with Gasteiger partial charge < -0.3 is 9.90 Å². The molecule has 1 aromatic rings. The Morgan fingerprint density at radius 3 is 2.50 bits per heavy atom. The zero-order valence-electron chi connectivity index (χ0n) is 5.76. The Balaban J connectivity index is 3.01. The van der Waals surface area contributed by atoms with E-state index in [1.807, 2.05) is 0 Å². The SMILES string of the molecule is O=C([O-])c1ccc([N+](=O)[O-])cn1. The molecule has 12 heavy (non-hydrogen) atoms. The monoisotopic (exact) mass is 167 g/mol. The number of carboxylic acid groups (broad SMARTS) is 1. The Hall–Kier alpha value is -1.98. The van der Waals surface area contributed by atoms with Gasteiger partial charge in [0.15, 0.2) is 0 Å². The number of nitrogens with zero attached hydrogens (tertiary/aromatic N) is 2. The van der Waals surface area contributed by atoms with Gasteiger partial charge in [-0.05, 0) is 6.07 Å². The predicted octanol–water partition coefficient (Wildman–Crippen LogP) is -0.647. The topological polar surface area (TPSA) is 96.2 Å². The van der Waals surface area contributed by atoms with Crippen LogP contribution in [-0.4, -0.2) is 15.9 Å². The van der Waals surface area contributed by atoms with E-state index in [4.69, 9.17) is 0 Å². The molecule has 0 fully saturated rings. The van der Waals surface area contributed by atoms with Crippen LogP contribution in [0, 0.1) is 10.1 Å². The molecule has 0 radical (unpaired) electrons. The summed E-state index contributed by atoms with van der Waals surface area (Å²) in [4.78, 5) is 22.9. The summed E-state index contributed by atoms with van der Waals surface area (Å²) in [6.07, 6.45) is 0.866. The first-order valence-corrected chi connectivity index (χ1v) is 2.93. The van der Waals surface area contributed by atoms with E-state index in [2.05, 4.69) is 4.98 Å². The third-order valence-electron chi connectivity index (χ3n) is 1.17. The van der Waals surface area contributed by atoms with Crippen LogP contribution in [0.15, 0.2) is 18.3 Å². The average Bonchev–Trinajstić information content (AvgIpc) is 2.04. The maximum atomic E-state index is 10.1. The number of carbonyl (C=O) groups excluding carboxylic acids is 1. The summed E-state index contributed by atoms with van der Waals surface area (Å²) in [7, 11) is 0. The molecule has 0 amide bonds. The standard InChI is InChI=1S/C6H4N2O4/c9-6(10)5-2-1-4(3-7-5)8(11)12/h1-3H,(H,9,10)/p-1. The lowest BCUT2D eigenvalue weighted by Gasteiger charge is -1.98. The molecule has 0 N–H and O–H groups in total. The zero-order valence-corrected chi connectivity index (χ0v) is 5.76. The highest BCUT2D eigenvalue weighted by Gasteiger charge is 2.04. The second-order valence-electron chi connectivity index (χ2n) is 1.95. The zero-order chi connectivity index (χ0) is 9.14. The van der Waals surface area contributed by atoms with E-state index in [9.17, 15) is 20.0 Å². The molecule has 62 valence electrons. The van der Waals surface area contributed by atoms with Crippen molar-refractivity contribution in [3.05, 3.63) is 34.1 Å². The summed E-state index contributed by atoms with van der Waals surface area (Å²) in [5, 5.41) is 20.2. The normalized spacial score (nSPS) is 9.33. The summed E-state index contributed by atoms with van der Waals surface area (Å²) >= 11 is 0.